The second kappa shape index (κ2) is 9.35. The van der Waals surface area contributed by atoms with Gasteiger partial charge in [0, 0.05) is 28.9 Å². The number of carbonyl (C=O) groups excluding carboxylic acids is 1. The number of amides is 1. The lowest BCUT2D eigenvalue weighted by atomic mass is 9.98. The molecule has 164 valence electrons. The smallest absolute Gasteiger partial charge is 0.410 e. The largest absolute Gasteiger partial charge is 0.480 e. The highest BCUT2D eigenvalue weighted by Crippen LogP contribution is 2.44. The van der Waals surface area contributed by atoms with E-state index in [1.165, 1.54) is 7.05 Å². The predicted molar refractivity (Wildman–Crippen MR) is 127 cm³/mol. The monoisotopic (exact) mass is 513 g/mol. The Morgan fingerprint density at radius 1 is 1.06 bits per heavy atom. The predicted octanol–water partition coefficient (Wildman–Crippen LogP) is 5.98. The number of rotatable bonds is 6. The summed E-state index contributed by atoms with van der Waals surface area (Å²) in [6, 6.07) is 20.2. The van der Waals surface area contributed by atoms with Crippen molar-refractivity contribution in [2.45, 2.75) is 18.4 Å². The molecule has 7 heteroatoms. The standard InChI is InChI=1S/C25H21BrClNO4/c1-28(23(24(29)30)13-15-12-16(27)10-11-22(15)26)25(31)32-14-21-19-8-4-2-6-17(19)18-7-3-5-9-20(18)21/h2-12,21,23H,13-14H2,1H3,(H,29,30)/t23-/m0/s1. The van der Waals surface area contributed by atoms with Gasteiger partial charge in [0.25, 0.3) is 0 Å². The van der Waals surface area contributed by atoms with Crippen molar-refractivity contribution in [3.05, 3.63) is 92.9 Å². The lowest BCUT2D eigenvalue weighted by molar-refractivity contribution is -0.142. The first-order chi connectivity index (χ1) is 15.4. The van der Waals surface area contributed by atoms with Gasteiger partial charge in [0.2, 0.25) is 0 Å². The number of carbonyl (C=O) groups is 2. The molecule has 3 aromatic carbocycles. The SMILES string of the molecule is CN(C(=O)OCC1c2ccccc2-c2ccccc21)[C@@H](Cc1cc(Cl)ccc1Br)C(=O)O. The molecule has 0 fully saturated rings. The van der Waals surface area contributed by atoms with E-state index in [1.54, 1.807) is 18.2 Å². The molecule has 3 aromatic rings. The quantitative estimate of drug-likeness (QED) is 0.439. The normalized spacial score (nSPS) is 13.2. The molecule has 0 heterocycles. The molecule has 0 radical (unpaired) electrons. The molecular weight excluding hydrogens is 494 g/mol. The molecule has 4 rings (SSSR count). The number of aliphatic carboxylic acids is 1. The summed E-state index contributed by atoms with van der Waals surface area (Å²) in [6.07, 6.45) is -0.589. The summed E-state index contributed by atoms with van der Waals surface area (Å²) in [5.41, 5.74) is 5.16. The van der Waals surface area contributed by atoms with Crippen molar-refractivity contribution in [1.82, 2.24) is 4.90 Å². The summed E-state index contributed by atoms with van der Waals surface area (Å²) in [5.74, 6) is -1.21. The van der Waals surface area contributed by atoms with Crippen LogP contribution in [0, 0.1) is 0 Å². The van der Waals surface area contributed by atoms with Crippen LogP contribution in [0.25, 0.3) is 11.1 Å². The average molecular weight is 515 g/mol. The first kappa shape index (κ1) is 22.4. The van der Waals surface area contributed by atoms with Crippen molar-refractivity contribution < 1.29 is 19.4 Å². The topological polar surface area (TPSA) is 66.8 Å². The van der Waals surface area contributed by atoms with E-state index < -0.39 is 18.1 Å². The van der Waals surface area contributed by atoms with Crippen LogP contribution >= 0.6 is 27.5 Å². The van der Waals surface area contributed by atoms with E-state index in [2.05, 4.69) is 28.1 Å². The molecule has 5 nitrogen and oxygen atoms in total. The zero-order valence-electron chi connectivity index (χ0n) is 17.3. The van der Waals surface area contributed by atoms with E-state index in [0.717, 1.165) is 31.6 Å². The third-order valence-corrected chi connectivity index (χ3v) is 6.81. The van der Waals surface area contributed by atoms with Gasteiger partial charge in [-0.05, 0) is 46.0 Å². The molecule has 0 aliphatic heterocycles. The minimum atomic E-state index is -1.12. The number of nitrogens with zero attached hydrogens (tertiary/aromatic N) is 1. The first-order valence-corrected chi connectivity index (χ1v) is 11.3. The summed E-state index contributed by atoms with van der Waals surface area (Å²) in [7, 11) is 1.44. The zero-order valence-corrected chi connectivity index (χ0v) is 19.6. The van der Waals surface area contributed by atoms with Gasteiger partial charge in [0.1, 0.15) is 12.6 Å². The third kappa shape index (κ3) is 4.38. The average Bonchev–Trinajstić information content (AvgIpc) is 3.11. The summed E-state index contributed by atoms with van der Waals surface area (Å²) in [6.45, 7) is 0.129. The fourth-order valence-electron chi connectivity index (χ4n) is 4.12. The van der Waals surface area contributed by atoms with E-state index in [-0.39, 0.29) is 18.9 Å². The number of likely N-dealkylation sites (N-methyl/N-ethyl adjacent to an activating group) is 1. The van der Waals surface area contributed by atoms with Crippen LogP contribution < -0.4 is 0 Å². The van der Waals surface area contributed by atoms with E-state index in [1.807, 2.05) is 36.4 Å². The first-order valence-electron chi connectivity index (χ1n) is 10.1. The van der Waals surface area contributed by atoms with Gasteiger partial charge in [-0.15, -0.1) is 0 Å². The van der Waals surface area contributed by atoms with Gasteiger partial charge in [-0.25, -0.2) is 9.59 Å². The van der Waals surface area contributed by atoms with Crippen molar-refractivity contribution in [2.75, 3.05) is 13.7 Å². The molecule has 1 aliphatic rings. The third-order valence-electron chi connectivity index (χ3n) is 5.80. The highest BCUT2D eigenvalue weighted by Gasteiger charge is 2.32. The van der Waals surface area contributed by atoms with Crippen molar-refractivity contribution in [1.29, 1.82) is 0 Å². The summed E-state index contributed by atoms with van der Waals surface area (Å²) in [4.78, 5) is 25.9. The Kier molecular flexibility index (Phi) is 6.53. The maximum atomic E-state index is 12.8. The Bertz CT molecular complexity index is 1140. The van der Waals surface area contributed by atoms with Gasteiger partial charge in [-0.1, -0.05) is 76.1 Å². The van der Waals surface area contributed by atoms with Crippen LogP contribution in [0.2, 0.25) is 5.02 Å². The molecule has 0 spiro atoms. The van der Waals surface area contributed by atoms with Gasteiger partial charge < -0.3 is 9.84 Å². The Balaban J connectivity index is 1.49. The fraction of sp³-hybridized carbons (Fsp3) is 0.200. The molecule has 0 aromatic heterocycles. The van der Waals surface area contributed by atoms with E-state index in [4.69, 9.17) is 16.3 Å². The number of fused-ring (bicyclic) bond motifs is 3. The molecular formula is C25H21BrClNO4. The van der Waals surface area contributed by atoms with Crippen LogP contribution in [0.1, 0.15) is 22.6 Å². The second-order valence-electron chi connectivity index (χ2n) is 7.71. The van der Waals surface area contributed by atoms with Crippen molar-refractivity contribution in [2.24, 2.45) is 0 Å². The fourth-order valence-corrected chi connectivity index (χ4v) is 4.72. The highest BCUT2D eigenvalue weighted by atomic mass is 79.9. The van der Waals surface area contributed by atoms with Crippen LogP contribution in [-0.2, 0) is 16.0 Å². The minimum Gasteiger partial charge on any atom is -0.480 e. The van der Waals surface area contributed by atoms with Gasteiger partial charge >= 0.3 is 12.1 Å². The summed E-state index contributed by atoms with van der Waals surface area (Å²) < 4.78 is 6.34. The van der Waals surface area contributed by atoms with Crippen LogP contribution in [0.4, 0.5) is 4.79 Å². The lowest BCUT2D eigenvalue weighted by Crippen LogP contribution is -2.44. The van der Waals surface area contributed by atoms with Gasteiger partial charge in [0.15, 0.2) is 0 Å². The molecule has 1 N–H and O–H groups in total. The van der Waals surface area contributed by atoms with Crippen molar-refractivity contribution >= 4 is 39.6 Å². The van der Waals surface area contributed by atoms with Crippen molar-refractivity contribution in [3.8, 4) is 11.1 Å². The van der Waals surface area contributed by atoms with E-state index in [9.17, 15) is 14.7 Å². The van der Waals surface area contributed by atoms with Gasteiger partial charge in [0.05, 0.1) is 0 Å². The number of hydrogen-bond acceptors (Lipinski definition) is 3. The second-order valence-corrected chi connectivity index (χ2v) is 9.00. The highest BCUT2D eigenvalue weighted by molar-refractivity contribution is 9.10. The van der Waals surface area contributed by atoms with Crippen molar-refractivity contribution in [3.63, 3.8) is 0 Å². The van der Waals surface area contributed by atoms with Crippen LogP contribution in [-0.4, -0.2) is 41.8 Å². The summed E-state index contributed by atoms with van der Waals surface area (Å²) >= 11 is 9.47. The number of carboxylic acids is 1. The molecule has 0 saturated carbocycles. The zero-order chi connectivity index (χ0) is 22.8. The molecule has 1 aliphatic carbocycles. The Morgan fingerprint density at radius 2 is 1.66 bits per heavy atom. The maximum absolute atomic E-state index is 12.8. The van der Waals surface area contributed by atoms with E-state index in [0.29, 0.717) is 10.6 Å². The Labute approximate surface area is 199 Å². The van der Waals surface area contributed by atoms with Gasteiger partial charge in [-0.3, -0.25) is 4.90 Å². The van der Waals surface area contributed by atoms with Gasteiger partial charge in [-0.2, -0.15) is 0 Å². The summed E-state index contributed by atoms with van der Waals surface area (Å²) in [5, 5.41) is 10.3. The lowest BCUT2D eigenvalue weighted by Gasteiger charge is -2.25. The molecule has 32 heavy (non-hydrogen) atoms. The van der Waals surface area contributed by atoms with Crippen LogP contribution in [0.5, 0.6) is 0 Å². The number of carboxylic acid groups (broad SMARTS) is 1. The van der Waals surface area contributed by atoms with E-state index >= 15 is 0 Å². The Morgan fingerprint density at radius 3 is 2.25 bits per heavy atom. The molecule has 1 amide bonds. The number of benzene rings is 3. The molecule has 0 saturated heterocycles. The molecule has 1 atom stereocenters. The molecule has 0 unspecified atom stereocenters. The Hall–Kier alpha value is -2.83. The molecule has 0 bridgehead atoms. The number of ether oxygens (including phenoxy) is 1. The minimum absolute atomic E-state index is 0.0925. The van der Waals surface area contributed by atoms with Crippen LogP contribution in [0.3, 0.4) is 0 Å². The maximum Gasteiger partial charge on any atom is 0.410 e. The number of halogens is 2. The number of hydrogen-bond donors (Lipinski definition) is 1. The van der Waals surface area contributed by atoms with Crippen LogP contribution in [0.15, 0.2) is 71.2 Å².